The van der Waals surface area contributed by atoms with Crippen LogP contribution in [-0.2, 0) is 0 Å². The normalized spacial score (nSPS) is 25.1. The number of hydrogen-bond acceptors (Lipinski definition) is 2. The molecule has 1 nitrogen and oxygen atoms in total. The Kier molecular flexibility index (Phi) is 3.96. The molecule has 0 atom stereocenters. The highest BCUT2D eigenvalue weighted by Gasteiger charge is 2.32. The van der Waals surface area contributed by atoms with Gasteiger partial charge in [-0.05, 0) is 55.4 Å². The average molecular weight is 264 g/mol. The molecular formula is C16H24OS. The number of hydrogen-bond donors (Lipinski definition) is 0. The lowest BCUT2D eigenvalue weighted by atomic mass is 9.69. The third kappa shape index (κ3) is 2.85. The SMILES string of the molecule is Cc1sccc1C(=O)C1CCC(C(C)(C)C)CC1. The molecule has 0 aliphatic heterocycles. The molecule has 0 unspecified atom stereocenters. The number of thiophene rings is 1. The molecular weight excluding hydrogens is 240 g/mol. The van der Waals surface area contributed by atoms with Gasteiger partial charge in [-0.2, -0.15) is 0 Å². The first-order valence-electron chi connectivity index (χ1n) is 6.98. The van der Waals surface area contributed by atoms with Gasteiger partial charge < -0.3 is 0 Å². The summed E-state index contributed by atoms with van der Waals surface area (Å²) < 4.78 is 0. The first-order valence-corrected chi connectivity index (χ1v) is 7.86. The minimum Gasteiger partial charge on any atom is -0.294 e. The molecule has 0 radical (unpaired) electrons. The number of carbonyl (C=O) groups excluding carboxylic acids is 1. The fraction of sp³-hybridized carbons (Fsp3) is 0.688. The van der Waals surface area contributed by atoms with Crippen LogP contribution in [0.3, 0.4) is 0 Å². The summed E-state index contributed by atoms with van der Waals surface area (Å²) in [4.78, 5) is 13.6. The Labute approximate surface area is 115 Å². The summed E-state index contributed by atoms with van der Waals surface area (Å²) in [6.45, 7) is 9.02. The maximum Gasteiger partial charge on any atom is 0.167 e. The van der Waals surface area contributed by atoms with E-state index >= 15 is 0 Å². The minimum atomic E-state index is 0.275. The van der Waals surface area contributed by atoms with Crippen molar-refractivity contribution >= 4 is 17.1 Å². The Morgan fingerprint density at radius 3 is 2.28 bits per heavy atom. The zero-order chi connectivity index (χ0) is 13.3. The van der Waals surface area contributed by atoms with Crippen LogP contribution < -0.4 is 0 Å². The Balaban J connectivity index is 1.99. The summed E-state index contributed by atoms with van der Waals surface area (Å²) in [6.07, 6.45) is 4.58. The molecule has 0 saturated heterocycles. The number of ketones is 1. The summed E-state index contributed by atoms with van der Waals surface area (Å²) in [6, 6.07) is 2.00. The lowest BCUT2D eigenvalue weighted by molar-refractivity contribution is 0.0819. The van der Waals surface area contributed by atoms with E-state index in [9.17, 15) is 4.79 Å². The van der Waals surface area contributed by atoms with Crippen LogP contribution in [0.4, 0.5) is 0 Å². The predicted octanol–water partition coefficient (Wildman–Crippen LogP) is 5.09. The molecule has 1 heterocycles. The second-order valence-corrected chi connectivity index (χ2v) is 7.79. The molecule has 0 spiro atoms. The summed E-state index contributed by atoms with van der Waals surface area (Å²) in [5, 5.41) is 2.03. The summed E-state index contributed by atoms with van der Waals surface area (Å²) in [5.74, 6) is 1.45. The summed E-state index contributed by atoms with van der Waals surface area (Å²) in [5.41, 5.74) is 1.37. The summed E-state index contributed by atoms with van der Waals surface area (Å²) >= 11 is 1.68. The van der Waals surface area contributed by atoms with Gasteiger partial charge in [-0.3, -0.25) is 4.79 Å². The van der Waals surface area contributed by atoms with Crippen LogP contribution in [0, 0.1) is 24.2 Å². The van der Waals surface area contributed by atoms with Gasteiger partial charge in [0, 0.05) is 16.4 Å². The summed E-state index contributed by atoms with van der Waals surface area (Å²) in [7, 11) is 0. The van der Waals surface area contributed by atoms with Crippen molar-refractivity contribution in [2.24, 2.45) is 17.3 Å². The zero-order valence-electron chi connectivity index (χ0n) is 12.0. The van der Waals surface area contributed by atoms with Crippen molar-refractivity contribution in [3.05, 3.63) is 21.9 Å². The topological polar surface area (TPSA) is 17.1 Å². The average Bonchev–Trinajstić information content (AvgIpc) is 2.73. The molecule has 1 aliphatic carbocycles. The van der Waals surface area contributed by atoms with Crippen molar-refractivity contribution in [2.45, 2.75) is 53.4 Å². The van der Waals surface area contributed by atoms with Crippen molar-refractivity contribution in [1.82, 2.24) is 0 Å². The highest BCUT2D eigenvalue weighted by atomic mass is 32.1. The molecule has 2 rings (SSSR count). The Hall–Kier alpha value is -0.630. The van der Waals surface area contributed by atoms with Gasteiger partial charge in [0.1, 0.15) is 0 Å². The molecule has 1 aromatic heterocycles. The van der Waals surface area contributed by atoms with Gasteiger partial charge in [0.2, 0.25) is 0 Å². The van der Waals surface area contributed by atoms with Gasteiger partial charge in [-0.15, -0.1) is 11.3 Å². The van der Waals surface area contributed by atoms with E-state index in [1.54, 1.807) is 11.3 Å². The van der Waals surface area contributed by atoms with Gasteiger partial charge in [-0.25, -0.2) is 0 Å². The van der Waals surface area contributed by atoms with E-state index in [2.05, 4.69) is 27.7 Å². The van der Waals surface area contributed by atoms with Gasteiger partial charge >= 0.3 is 0 Å². The molecule has 18 heavy (non-hydrogen) atoms. The fourth-order valence-electron chi connectivity index (χ4n) is 3.08. The van der Waals surface area contributed by atoms with Crippen LogP contribution in [0.2, 0.25) is 0 Å². The lowest BCUT2D eigenvalue weighted by Crippen LogP contribution is -2.28. The molecule has 0 amide bonds. The Morgan fingerprint density at radius 2 is 1.83 bits per heavy atom. The second kappa shape index (κ2) is 5.16. The van der Waals surface area contributed by atoms with Gasteiger partial charge in [0.15, 0.2) is 5.78 Å². The van der Waals surface area contributed by atoms with E-state index in [1.165, 1.54) is 17.7 Å². The molecule has 1 aliphatic rings. The van der Waals surface area contributed by atoms with Crippen LogP contribution in [0.1, 0.15) is 61.7 Å². The molecule has 0 bridgehead atoms. The van der Waals surface area contributed by atoms with E-state index < -0.39 is 0 Å². The smallest absolute Gasteiger partial charge is 0.167 e. The first-order chi connectivity index (χ1) is 8.39. The molecule has 1 saturated carbocycles. The third-order valence-electron chi connectivity index (χ3n) is 4.45. The highest BCUT2D eigenvalue weighted by molar-refractivity contribution is 7.10. The number of carbonyl (C=O) groups is 1. The van der Waals surface area contributed by atoms with Gasteiger partial charge in [0.25, 0.3) is 0 Å². The van der Waals surface area contributed by atoms with Crippen LogP contribution in [0.15, 0.2) is 11.4 Å². The van der Waals surface area contributed by atoms with E-state index in [0.29, 0.717) is 11.2 Å². The molecule has 0 N–H and O–H groups in total. The van der Waals surface area contributed by atoms with Crippen molar-refractivity contribution < 1.29 is 4.79 Å². The van der Waals surface area contributed by atoms with E-state index in [4.69, 9.17) is 0 Å². The van der Waals surface area contributed by atoms with Crippen LogP contribution in [-0.4, -0.2) is 5.78 Å². The van der Waals surface area contributed by atoms with Crippen LogP contribution >= 0.6 is 11.3 Å². The Morgan fingerprint density at radius 1 is 1.22 bits per heavy atom. The minimum absolute atomic E-state index is 0.275. The maximum absolute atomic E-state index is 12.4. The molecule has 2 heteroatoms. The van der Waals surface area contributed by atoms with Crippen molar-refractivity contribution in [3.8, 4) is 0 Å². The molecule has 1 fully saturated rings. The van der Waals surface area contributed by atoms with Crippen molar-refractivity contribution in [3.63, 3.8) is 0 Å². The number of Topliss-reactive ketones (excluding diaryl/α,β-unsaturated/α-hetero) is 1. The number of aryl methyl sites for hydroxylation is 1. The highest BCUT2D eigenvalue weighted by Crippen LogP contribution is 2.40. The second-order valence-electron chi connectivity index (χ2n) is 6.67. The number of rotatable bonds is 2. The fourth-order valence-corrected chi connectivity index (χ4v) is 3.79. The predicted molar refractivity (Wildman–Crippen MR) is 78.3 cm³/mol. The molecule has 1 aromatic rings. The van der Waals surface area contributed by atoms with Gasteiger partial charge in [-0.1, -0.05) is 20.8 Å². The first kappa shape index (κ1) is 13.8. The van der Waals surface area contributed by atoms with Crippen LogP contribution in [0.25, 0.3) is 0 Å². The standard InChI is InChI=1S/C16H24OS/c1-11-14(9-10-18-11)15(17)12-5-7-13(8-6-12)16(2,3)4/h9-10,12-13H,5-8H2,1-4H3. The van der Waals surface area contributed by atoms with Crippen molar-refractivity contribution in [1.29, 1.82) is 0 Å². The lowest BCUT2D eigenvalue weighted by Gasteiger charge is -2.36. The largest absolute Gasteiger partial charge is 0.294 e. The van der Waals surface area contributed by atoms with E-state index in [-0.39, 0.29) is 5.92 Å². The van der Waals surface area contributed by atoms with Crippen LogP contribution in [0.5, 0.6) is 0 Å². The quantitative estimate of drug-likeness (QED) is 0.680. The monoisotopic (exact) mass is 264 g/mol. The molecule has 100 valence electrons. The van der Waals surface area contributed by atoms with Gasteiger partial charge in [0.05, 0.1) is 0 Å². The van der Waals surface area contributed by atoms with E-state index in [0.717, 1.165) is 24.3 Å². The molecule has 0 aromatic carbocycles. The zero-order valence-corrected chi connectivity index (χ0v) is 12.8. The Bertz CT molecular complexity index is 417. The third-order valence-corrected chi connectivity index (χ3v) is 5.29. The van der Waals surface area contributed by atoms with Crippen molar-refractivity contribution in [2.75, 3.05) is 0 Å². The maximum atomic E-state index is 12.4. The van der Waals surface area contributed by atoms with E-state index in [1.807, 2.05) is 11.4 Å².